The molecular weight excluding hydrogens is 280 g/mol. The van der Waals surface area contributed by atoms with Gasteiger partial charge in [0.05, 0.1) is 19.8 Å². The number of hydrogen-bond donors (Lipinski definition) is 0. The fraction of sp³-hybridized carbons (Fsp3) is 1.00. The zero-order valence-corrected chi connectivity index (χ0v) is 15.0. The Bertz CT molecular complexity index is 396. The summed E-state index contributed by atoms with van der Waals surface area (Å²) in [5, 5.41) is 2.25. The Morgan fingerprint density at radius 2 is 1.59 bits per heavy atom. The summed E-state index contributed by atoms with van der Waals surface area (Å²) in [5.41, 5.74) is -0.210. The Labute approximate surface area is 134 Å². The number of morpholine rings is 1. The molecule has 0 spiro atoms. The van der Waals surface area contributed by atoms with E-state index in [0.717, 1.165) is 39.3 Å². The van der Waals surface area contributed by atoms with Crippen LogP contribution in [0.4, 0.5) is 0 Å². The summed E-state index contributed by atoms with van der Waals surface area (Å²) in [6.07, 6.45) is 1.04. The average Bonchev–Trinajstić information content (AvgIpc) is 3.16. The smallest absolute Gasteiger partial charge is 0.131 e. The molecule has 0 amide bonds. The summed E-state index contributed by atoms with van der Waals surface area (Å²) in [7, 11) is 1.87. The largest absolute Gasteiger partial charge is 0.379 e. The van der Waals surface area contributed by atoms with Crippen LogP contribution in [0.5, 0.6) is 0 Å². The topological polar surface area (TPSA) is 34.2 Å². The first-order valence-corrected chi connectivity index (χ1v) is 8.66. The van der Waals surface area contributed by atoms with Gasteiger partial charge in [-0.1, -0.05) is 6.92 Å². The van der Waals surface area contributed by atoms with Gasteiger partial charge < -0.3 is 9.47 Å². The highest BCUT2D eigenvalue weighted by Gasteiger charge is 2.84. The third kappa shape index (κ3) is 2.02. The molecule has 2 saturated heterocycles. The molecule has 22 heavy (non-hydrogen) atoms. The number of fused-ring (bicyclic) bond motifs is 1. The highest BCUT2D eigenvalue weighted by atomic mass is 16.7. The van der Waals surface area contributed by atoms with Crippen LogP contribution in [0.3, 0.4) is 0 Å². The van der Waals surface area contributed by atoms with Gasteiger partial charge >= 0.3 is 0 Å². The molecule has 5 nitrogen and oxygen atoms in total. The Balaban J connectivity index is 1.88. The van der Waals surface area contributed by atoms with E-state index < -0.39 is 0 Å². The van der Waals surface area contributed by atoms with E-state index in [1.165, 1.54) is 0 Å². The number of ether oxygens (including phenoxy) is 2. The fourth-order valence-electron chi connectivity index (χ4n) is 5.38. The third-order valence-corrected chi connectivity index (χ3v) is 5.94. The van der Waals surface area contributed by atoms with Crippen LogP contribution in [0.2, 0.25) is 0 Å². The van der Waals surface area contributed by atoms with Crippen LogP contribution in [-0.2, 0) is 14.3 Å². The normalized spacial score (nSPS) is 40.6. The van der Waals surface area contributed by atoms with Gasteiger partial charge in [-0.15, -0.1) is 0 Å². The summed E-state index contributed by atoms with van der Waals surface area (Å²) in [4.78, 5) is 8.65. The summed E-state index contributed by atoms with van der Waals surface area (Å²) < 4.78 is 11.7. The molecule has 1 saturated carbocycles. The van der Waals surface area contributed by atoms with Gasteiger partial charge in [0.15, 0.2) is 0 Å². The average molecular weight is 312 g/mol. The number of piperidine rings is 1. The Hall–Kier alpha value is -0.200. The third-order valence-electron chi connectivity index (χ3n) is 5.94. The number of hydrogen-bond acceptors (Lipinski definition) is 5. The Morgan fingerprint density at radius 1 is 1.05 bits per heavy atom. The molecule has 0 aromatic carbocycles. The Kier molecular flexibility index (Phi) is 4.10. The maximum Gasteiger partial charge on any atom is 0.131 e. The zero-order chi connectivity index (χ0) is 16.2. The van der Waals surface area contributed by atoms with Gasteiger partial charge in [-0.05, 0) is 34.1 Å². The molecule has 2 unspecified atom stereocenters. The first-order chi connectivity index (χ1) is 10.3. The van der Waals surface area contributed by atoms with Crippen molar-refractivity contribution < 1.29 is 14.3 Å². The molecule has 5 heteroatoms. The van der Waals surface area contributed by atoms with Crippen molar-refractivity contribution in [1.82, 2.24) is 9.96 Å². The highest BCUT2D eigenvalue weighted by Crippen LogP contribution is 2.72. The van der Waals surface area contributed by atoms with E-state index in [0.29, 0.717) is 11.8 Å². The van der Waals surface area contributed by atoms with E-state index in [-0.39, 0.29) is 16.8 Å². The van der Waals surface area contributed by atoms with E-state index in [1.807, 2.05) is 7.11 Å². The molecule has 0 bridgehead atoms. The van der Waals surface area contributed by atoms with Crippen LogP contribution in [-0.4, -0.2) is 66.8 Å². The van der Waals surface area contributed by atoms with Crippen molar-refractivity contribution in [2.75, 3.05) is 40.0 Å². The van der Waals surface area contributed by atoms with Gasteiger partial charge in [-0.3, -0.25) is 9.74 Å². The molecule has 3 fully saturated rings. The minimum atomic E-state index is -0.150. The molecule has 2 heterocycles. The fourth-order valence-corrected chi connectivity index (χ4v) is 5.38. The standard InChI is InChI=1S/C17H32N2O3/c1-7-10-22-19-15(2,3)13-14(16(19,4)5)17(13,20-6)18-8-11-21-12-9-18/h13-14H,7-12H2,1-6H3. The van der Waals surface area contributed by atoms with E-state index in [1.54, 1.807) is 0 Å². The predicted octanol–water partition coefficient (Wildman–Crippen LogP) is 2.12. The van der Waals surface area contributed by atoms with Gasteiger partial charge in [-0.2, -0.15) is 5.06 Å². The lowest BCUT2D eigenvalue weighted by Gasteiger charge is -2.48. The first kappa shape index (κ1) is 16.7. The van der Waals surface area contributed by atoms with Crippen LogP contribution in [0, 0.1) is 11.8 Å². The van der Waals surface area contributed by atoms with Gasteiger partial charge in [-0.25, -0.2) is 0 Å². The Morgan fingerprint density at radius 3 is 2.05 bits per heavy atom. The second kappa shape index (κ2) is 5.42. The van der Waals surface area contributed by atoms with Crippen LogP contribution in [0.15, 0.2) is 0 Å². The second-order valence-corrected chi connectivity index (χ2v) is 7.95. The zero-order valence-electron chi connectivity index (χ0n) is 15.0. The molecule has 2 atom stereocenters. The molecule has 0 aromatic heterocycles. The lowest BCUT2D eigenvalue weighted by atomic mass is 9.95. The van der Waals surface area contributed by atoms with E-state index in [9.17, 15) is 0 Å². The van der Waals surface area contributed by atoms with Crippen molar-refractivity contribution in [1.29, 1.82) is 0 Å². The predicted molar refractivity (Wildman–Crippen MR) is 85.4 cm³/mol. The summed E-state index contributed by atoms with van der Waals surface area (Å²) in [6.45, 7) is 15.7. The van der Waals surface area contributed by atoms with Crippen molar-refractivity contribution >= 4 is 0 Å². The van der Waals surface area contributed by atoms with Crippen LogP contribution in [0.1, 0.15) is 41.0 Å². The second-order valence-electron chi connectivity index (χ2n) is 7.95. The van der Waals surface area contributed by atoms with Crippen molar-refractivity contribution in [3.63, 3.8) is 0 Å². The number of rotatable bonds is 5. The van der Waals surface area contributed by atoms with Gasteiger partial charge in [0.1, 0.15) is 5.72 Å². The molecule has 0 radical (unpaired) electrons. The minimum Gasteiger partial charge on any atom is -0.379 e. The molecular formula is C17H32N2O3. The van der Waals surface area contributed by atoms with E-state index in [4.69, 9.17) is 14.3 Å². The molecule has 128 valence electrons. The van der Waals surface area contributed by atoms with Crippen LogP contribution < -0.4 is 0 Å². The van der Waals surface area contributed by atoms with Crippen LogP contribution in [0.25, 0.3) is 0 Å². The minimum absolute atomic E-state index is 0.0301. The summed E-state index contributed by atoms with van der Waals surface area (Å²) in [6, 6.07) is 0. The van der Waals surface area contributed by atoms with Gasteiger partial charge in [0.25, 0.3) is 0 Å². The summed E-state index contributed by atoms with van der Waals surface area (Å²) >= 11 is 0. The van der Waals surface area contributed by atoms with Gasteiger partial charge in [0.2, 0.25) is 0 Å². The van der Waals surface area contributed by atoms with E-state index in [2.05, 4.69) is 44.6 Å². The monoisotopic (exact) mass is 312 g/mol. The highest BCUT2D eigenvalue weighted by molar-refractivity contribution is 5.31. The molecule has 2 aliphatic heterocycles. The van der Waals surface area contributed by atoms with Crippen molar-refractivity contribution in [2.45, 2.75) is 57.8 Å². The number of nitrogens with zero attached hydrogens (tertiary/aromatic N) is 2. The maximum atomic E-state index is 6.17. The lowest BCUT2D eigenvalue weighted by molar-refractivity contribution is -0.277. The van der Waals surface area contributed by atoms with E-state index >= 15 is 0 Å². The molecule has 1 aliphatic carbocycles. The SMILES string of the molecule is CCCON1C(C)(C)C2C(C1(C)C)C2(OC)N1CCOCC1. The quantitative estimate of drug-likeness (QED) is 0.777. The van der Waals surface area contributed by atoms with Crippen molar-refractivity contribution in [2.24, 2.45) is 11.8 Å². The molecule has 0 N–H and O–H groups in total. The van der Waals surface area contributed by atoms with Crippen LogP contribution >= 0.6 is 0 Å². The maximum absolute atomic E-state index is 6.17. The van der Waals surface area contributed by atoms with Crippen molar-refractivity contribution in [3.8, 4) is 0 Å². The number of hydroxylamine groups is 2. The molecule has 0 aromatic rings. The lowest BCUT2D eigenvalue weighted by Crippen LogP contribution is -2.61. The molecule has 3 rings (SSSR count). The summed E-state index contributed by atoms with van der Waals surface area (Å²) in [5.74, 6) is 0.935. The molecule has 3 aliphatic rings. The van der Waals surface area contributed by atoms with Gasteiger partial charge in [0, 0.05) is 43.1 Å². The van der Waals surface area contributed by atoms with Crippen molar-refractivity contribution in [3.05, 3.63) is 0 Å². The number of methoxy groups -OCH3 is 1. The first-order valence-electron chi connectivity index (χ1n) is 8.66.